The van der Waals surface area contributed by atoms with Crippen LogP contribution in [0.3, 0.4) is 0 Å². The highest BCUT2D eigenvalue weighted by Gasteiger charge is 2.44. The van der Waals surface area contributed by atoms with Gasteiger partial charge in [-0.2, -0.15) is 0 Å². The molecule has 2 rings (SSSR count). The van der Waals surface area contributed by atoms with E-state index in [2.05, 4.69) is 20.8 Å². The van der Waals surface area contributed by atoms with Crippen molar-refractivity contribution >= 4 is 5.97 Å². The van der Waals surface area contributed by atoms with Crippen molar-refractivity contribution in [1.82, 2.24) is 0 Å². The smallest absolute Gasteiger partial charge is 0.306 e. The van der Waals surface area contributed by atoms with E-state index in [1.54, 1.807) is 0 Å². The molecule has 0 radical (unpaired) electrons. The molecule has 0 saturated heterocycles. The number of carboxylic acids is 1. The van der Waals surface area contributed by atoms with Crippen molar-refractivity contribution in [3.05, 3.63) is 0 Å². The number of hydrogen-bond donors (Lipinski definition) is 1. The van der Waals surface area contributed by atoms with E-state index >= 15 is 0 Å². The monoisotopic (exact) mass is 266 g/mol. The molecule has 0 bridgehead atoms. The van der Waals surface area contributed by atoms with Crippen molar-refractivity contribution in [2.24, 2.45) is 29.1 Å². The van der Waals surface area contributed by atoms with Crippen LogP contribution in [0.2, 0.25) is 0 Å². The summed E-state index contributed by atoms with van der Waals surface area (Å²) in [5, 5.41) is 9.57. The zero-order valence-electron chi connectivity index (χ0n) is 12.8. The van der Waals surface area contributed by atoms with E-state index in [-0.39, 0.29) is 5.92 Å². The van der Waals surface area contributed by atoms with Crippen LogP contribution in [-0.4, -0.2) is 11.1 Å². The largest absolute Gasteiger partial charge is 0.481 e. The summed E-state index contributed by atoms with van der Waals surface area (Å²) in [5.74, 6) is 1.24. The molecule has 0 heterocycles. The average Bonchev–Trinajstić information content (AvgIpc) is 2.37. The van der Waals surface area contributed by atoms with Crippen LogP contribution >= 0.6 is 0 Å². The van der Waals surface area contributed by atoms with Crippen molar-refractivity contribution in [3.8, 4) is 0 Å². The summed E-state index contributed by atoms with van der Waals surface area (Å²) in [6, 6.07) is 0. The highest BCUT2D eigenvalue weighted by Crippen LogP contribution is 2.50. The van der Waals surface area contributed by atoms with Gasteiger partial charge >= 0.3 is 5.97 Å². The van der Waals surface area contributed by atoms with Crippen LogP contribution in [0.4, 0.5) is 0 Å². The van der Waals surface area contributed by atoms with Gasteiger partial charge in [0.25, 0.3) is 0 Å². The van der Waals surface area contributed by atoms with E-state index < -0.39 is 5.97 Å². The number of rotatable bonds is 3. The zero-order valence-corrected chi connectivity index (χ0v) is 12.8. The Morgan fingerprint density at radius 3 is 2.47 bits per heavy atom. The summed E-state index contributed by atoms with van der Waals surface area (Å²) in [4.78, 5) is 11.6. The van der Waals surface area contributed by atoms with E-state index in [1.165, 1.54) is 32.1 Å². The van der Waals surface area contributed by atoms with E-state index in [0.29, 0.717) is 17.3 Å². The van der Waals surface area contributed by atoms with E-state index in [0.717, 1.165) is 25.2 Å². The summed E-state index contributed by atoms with van der Waals surface area (Å²) >= 11 is 0. The fourth-order valence-electron chi connectivity index (χ4n) is 4.71. The van der Waals surface area contributed by atoms with Crippen molar-refractivity contribution in [2.45, 2.75) is 72.1 Å². The Hall–Kier alpha value is -0.530. The summed E-state index contributed by atoms with van der Waals surface area (Å²) in [6.45, 7) is 6.93. The molecule has 0 amide bonds. The number of carboxylic acid groups (broad SMARTS) is 1. The van der Waals surface area contributed by atoms with Crippen LogP contribution in [0.15, 0.2) is 0 Å². The molecule has 2 aliphatic rings. The molecule has 110 valence electrons. The molecule has 0 aliphatic heterocycles. The van der Waals surface area contributed by atoms with E-state index in [1.807, 2.05) is 0 Å². The predicted octanol–water partition coefficient (Wildman–Crippen LogP) is 4.73. The molecular formula is C17H30O2. The van der Waals surface area contributed by atoms with Crippen LogP contribution in [0.25, 0.3) is 0 Å². The zero-order chi connectivity index (χ0) is 14.0. The Bertz CT molecular complexity index is 321. The van der Waals surface area contributed by atoms with Crippen molar-refractivity contribution < 1.29 is 9.90 Å². The van der Waals surface area contributed by atoms with Gasteiger partial charge in [-0.25, -0.2) is 0 Å². The van der Waals surface area contributed by atoms with Crippen LogP contribution in [-0.2, 0) is 4.79 Å². The third-order valence-electron chi connectivity index (χ3n) is 5.80. The SMILES string of the molecule is CCC1CCCCC1C1CC(C)(C)CCC1C(=O)O. The second-order valence-electron chi connectivity index (χ2n) is 7.63. The quantitative estimate of drug-likeness (QED) is 0.801. The summed E-state index contributed by atoms with van der Waals surface area (Å²) < 4.78 is 0. The first-order chi connectivity index (χ1) is 8.94. The second-order valence-corrected chi connectivity index (χ2v) is 7.63. The van der Waals surface area contributed by atoms with Gasteiger partial charge < -0.3 is 5.11 Å². The van der Waals surface area contributed by atoms with Gasteiger partial charge in [-0.1, -0.05) is 46.5 Å². The minimum Gasteiger partial charge on any atom is -0.481 e. The Balaban J connectivity index is 2.18. The number of aliphatic carboxylic acids is 1. The first kappa shape index (κ1) is 14.9. The molecule has 0 aromatic carbocycles. The van der Waals surface area contributed by atoms with Crippen molar-refractivity contribution in [3.63, 3.8) is 0 Å². The topological polar surface area (TPSA) is 37.3 Å². The standard InChI is InChI=1S/C17H30O2/c1-4-12-7-5-6-8-13(12)15-11-17(2,3)10-9-14(15)16(18)19/h12-15H,4-11H2,1-3H3,(H,18,19). The lowest BCUT2D eigenvalue weighted by atomic mass is 9.58. The fourth-order valence-corrected chi connectivity index (χ4v) is 4.71. The van der Waals surface area contributed by atoms with Gasteiger partial charge in [0.15, 0.2) is 0 Å². The third-order valence-corrected chi connectivity index (χ3v) is 5.80. The van der Waals surface area contributed by atoms with Gasteiger partial charge in [0.2, 0.25) is 0 Å². The highest BCUT2D eigenvalue weighted by molar-refractivity contribution is 5.70. The van der Waals surface area contributed by atoms with Crippen LogP contribution < -0.4 is 0 Å². The van der Waals surface area contributed by atoms with Gasteiger partial charge in [-0.3, -0.25) is 4.79 Å². The van der Waals surface area contributed by atoms with Gasteiger partial charge in [-0.15, -0.1) is 0 Å². The lowest BCUT2D eigenvalue weighted by molar-refractivity contribution is -0.148. The molecule has 0 spiro atoms. The second kappa shape index (κ2) is 5.85. The van der Waals surface area contributed by atoms with Crippen molar-refractivity contribution in [2.75, 3.05) is 0 Å². The maximum Gasteiger partial charge on any atom is 0.306 e. The molecule has 2 fully saturated rings. The maximum absolute atomic E-state index is 11.6. The van der Waals surface area contributed by atoms with Gasteiger partial charge in [-0.05, 0) is 48.9 Å². The number of hydrogen-bond acceptors (Lipinski definition) is 1. The normalized spacial score (nSPS) is 38.9. The third kappa shape index (κ3) is 3.32. The maximum atomic E-state index is 11.6. The summed E-state index contributed by atoms with van der Waals surface area (Å²) in [6.07, 6.45) is 9.56. The van der Waals surface area contributed by atoms with E-state index in [9.17, 15) is 9.90 Å². The molecule has 2 saturated carbocycles. The molecule has 1 N–H and O–H groups in total. The first-order valence-electron chi connectivity index (χ1n) is 8.17. The van der Waals surface area contributed by atoms with Crippen LogP contribution in [0.5, 0.6) is 0 Å². The molecule has 19 heavy (non-hydrogen) atoms. The molecule has 0 aromatic heterocycles. The Kier molecular flexibility index (Phi) is 4.58. The molecule has 0 aromatic rings. The number of carbonyl (C=O) groups is 1. The molecule has 2 aliphatic carbocycles. The Morgan fingerprint density at radius 2 is 1.84 bits per heavy atom. The first-order valence-corrected chi connectivity index (χ1v) is 8.17. The highest BCUT2D eigenvalue weighted by atomic mass is 16.4. The van der Waals surface area contributed by atoms with E-state index in [4.69, 9.17) is 0 Å². The molecule has 4 atom stereocenters. The summed E-state index contributed by atoms with van der Waals surface area (Å²) in [7, 11) is 0. The molecule has 2 nitrogen and oxygen atoms in total. The minimum absolute atomic E-state index is 0.0785. The Labute approximate surface area is 118 Å². The lowest BCUT2D eigenvalue weighted by Gasteiger charge is -2.46. The molecule has 4 unspecified atom stereocenters. The molecule has 2 heteroatoms. The van der Waals surface area contributed by atoms with Crippen LogP contribution in [0.1, 0.15) is 72.1 Å². The van der Waals surface area contributed by atoms with Crippen molar-refractivity contribution in [1.29, 1.82) is 0 Å². The minimum atomic E-state index is -0.541. The van der Waals surface area contributed by atoms with Gasteiger partial charge in [0, 0.05) is 0 Å². The van der Waals surface area contributed by atoms with Gasteiger partial charge in [0.05, 0.1) is 5.92 Å². The fraction of sp³-hybridized carbons (Fsp3) is 0.941. The van der Waals surface area contributed by atoms with Gasteiger partial charge in [0.1, 0.15) is 0 Å². The lowest BCUT2D eigenvalue weighted by Crippen LogP contribution is -2.41. The average molecular weight is 266 g/mol. The molecular weight excluding hydrogens is 236 g/mol. The predicted molar refractivity (Wildman–Crippen MR) is 78.0 cm³/mol. The summed E-state index contributed by atoms with van der Waals surface area (Å²) in [5.41, 5.74) is 0.340. The van der Waals surface area contributed by atoms with Crippen LogP contribution in [0, 0.1) is 29.1 Å². The Morgan fingerprint density at radius 1 is 1.16 bits per heavy atom.